The summed E-state index contributed by atoms with van der Waals surface area (Å²) in [7, 11) is -8.34. The molecule has 7 heterocycles. The molecule has 5 aliphatic rings. The van der Waals surface area contributed by atoms with Gasteiger partial charge in [-0.2, -0.15) is 16.8 Å². The van der Waals surface area contributed by atoms with Crippen LogP contribution >= 0.6 is 0 Å². The molecule has 9 rings (SSSR count). The van der Waals surface area contributed by atoms with E-state index < -0.39 is 89.6 Å². The molecule has 1 saturated heterocycles. The number of nitrogens with zero attached hydrogens (tertiary/aromatic N) is 3. The lowest BCUT2D eigenvalue weighted by Crippen LogP contribution is -2.69. The van der Waals surface area contributed by atoms with Gasteiger partial charge in [0.15, 0.2) is 0 Å². The van der Waals surface area contributed by atoms with E-state index in [4.69, 9.17) is 9.57 Å². The van der Waals surface area contributed by atoms with Crippen molar-refractivity contribution in [1.29, 1.82) is 0 Å². The van der Waals surface area contributed by atoms with Gasteiger partial charge in [-0.25, -0.2) is 4.79 Å². The molecule has 2 aromatic carbocycles. The van der Waals surface area contributed by atoms with Crippen LogP contribution in [0.25, 0.3) is 5.57 Å². The van der Waals surface area contributed by atoms with Crippen LogP contribution < -0.4 is 20.8 Å². The Morgan fingerprint density at radius 2 is 1.62 bits per heavy atom. The smallest absolute Gasteiger partial charge is 0.492 e. The fourth-order valence-electron chi connectivity index (χ4n) is 10.3. The highest BCUT2D eigenvalue weighted by molar-refractivity contribution is 7.86. The molecule has 5 unspecified atom stereocenters. The monoisotopic (exact) mass is 998 g/mol. The average Bonchev–Trinajstić information content (AvgIpc) is 3.83. The molecule has 5 atom stereocenters. The van der Waals surface area contributed by atoms with Gasteiger partial charge in [-0.3, -0.25) is 24.0 Å². The summed E-state index contributed by atoms with van der Waals surface area (Å²) in [5.74, 6) is -3.23. The van der Waals surface area contributed by atoms with E-state index >= 15 is 8.63 Å². The molecule has 69 heavy (non-hydrogen) atoms. The number of epoxide rings is 1. The first-order chi connectivity index (χ1) is 32.4. The summed E-state index contributed by atoms with van der Waals surface area (Å²) in [6.45, 7) is 2.49. The minimum Gasteiger partial charge on any atom is -0.492 e. The molecule has 2 amide bonds. The molecule has 370 valence electrons. The second-order valence-corrected chi connectivity index (χ2v) is 20.9. The molecule has 1 fully saturated rings. The third kappa shape index (κ3) is 8.98. The second kappa shape index (κ2) is 18.1. The van der Waals surface area contributed by atoms with Gasteiger partial charge in [-0.1, -0.05) is 18.2 Å². The van der Waals surface area contributed by atoms with Crippen LogP contribution in [0, 0.1) is 13.8 Å². The predicted octanol–water partition coefficient (Wildman–Crippen LogP) is 4.25. The Balaban J connectivity index is 1.14. The lowest BCUT2D eigenvalue weighted by Gasteiger charge is -2.54. The van der Waals surface area contributed by atoms with Gasteiger partial charge < -0.3 is 47.9 Å². The Hall–Kier alpha value is -5.89. The Kier molecular flexibility index (Phi) is 13.0. The Labute approximate surface area is 396 Å². The topological polar surface area (TPSA) is 268 Å². The first kappa shape index (κ1) is 49.5. The highest BCUT2D eigenvalue weighted by Gasteiger charge is 2.64. The molecule has 5 aliphatic heterocycles. The van der Waals surface area contributed by atoms with Gasteiger partial charge in [0.25, 0.3) is 20.2 Å². The third-order valence-corrected chi connectivity index (χ3v) is 15.9. The van der Waals surface area contributed by atoms with Crippen LogP contribution in [0.3, 0.4) is 0 Å². The van der Waals surface area contributed by atoms with Crippen LogP contribution in [0.4, 0.5) is 8.63 Å². The number of quaternary nitrogens is 1. The van der Waals surface area contributed by atoms with E-state index in [1.165, 1.54) is 12.1 Å². The summed E-state index contributed by atoms with van der Waals surface area (Å²) < 4.78 is 110. The quantitative estimate of drug-likeness (QED) is 0.0740. The van der Waals surface area contributed by atoms with Crippen LogP contribution in [0.1, 0.15) is 96.4 Å². The van der Waals surface area contributed by atoms with Crippen LogP contribution in [0.15, 0.2) is 81.2 Å². The minimum absolute atomic E-state index is 0.000341. The number of benzene rings is 2. The molecule has 0 spiro atoms. The van der Waals surface area contributed by atoms with Gasteiger partial charge >= 0.3 is 12.9 Å². The number of amides is 2. The van der Waals surface area contributed by atoms with Crippen molar-refractivity contribution in [3.8, 4) is 11.8 Å². The maximum absolute atomic E-state index is 17.9. The van der Waals surface area contributed by atoms with Crippen molar-refractivity contribution < 1.29 is 73.1 Å². The van der Waals surface area contributed by atoms with E-state index in [1.54, 1.807) is 33.0 Å². The number of carbonyl (C=O) groups excluding carboxylic acids is 3. The maximum atomic E-state index is 17.9. The number of likely N-dealkylation sites (N-methyl/N-ethyl adjacent to an activating group) is 1. The predicted molar refractivity (Wildman–Crippen MR) is 245 cm³/mol. The van der Waals surface area contributed by atoms with E-state index in [-0.39, 0.29) is 54.1 Å². The lowest BCUT2D eigenvalue weighted by molar-refractivity contribution is -0.799. The number of hydrogen-bond acceptors (Lipinski definition) is 12. The Morgan fingerprint density at radius 3 is 2.28 bits per heavy atom. The van der Waals surface area contributed by atoms with Crippen LogP contribution in [0.2, 0.25) is 0 Å². The molecule has 0 aliphatic carbocycles. The van der Waals surface area contributed by atoms with Crippen LogP contribution in [-0.2, 0) is 47.5 Å². The molecule has 19 nitrogen and oxygen atoms in total. The number of hydrogen-bond donors (Lipinski definition) is 7. The average molecular weight is 999 g/mol. The zero-order valence-electron chi connectivity index (χ0n) is 38.3. The zero-order valence-corrected chi connectivity index (χ0v) is 40.0. The molecule has 0 saturated carbocycles. The number of rotatable bonds is 8. The van der Waals surface area contributed by atoms with E-state index in [1.807, 2.05) is 13.8 Å². The van der Waals surface area contributed by atoms with Gasteiger partial charge in [0.2, 0.25) is 23.6 Å². The van der Waals surface area contributed by atoms with Crippen molar-refractivity contribution in [3.05, 3.63) is 111 Å². The maximum Gasteiger partial charge on any atom is 0.665 e. The fraction of sp³-hybridized carbons (Fsp3) is 0.400. The third-order valence-electron chi connectivity index (χ3n) is 14.2. The highest BCUT2D eigenvalue weighted by atomic mass is 32.2. The van der Waals surface area contributed by atoms with Crippen molar-refractivity contribution in [2.45, 2.75) is 113 Å². The van der Waals surface area contributed by atoms with E-state index in [0.29, 0.717) is 71.0 Å². The fourth-order valence-corrected chi connectivity index (χ4v) is 11.6. The SMILES string of the molecule is CC1=C2CCC3OC3NCCCCC(C(=O)NCc3ccc(S(=O)(=O)O)cc3S(=O)(=O)O)NC(=O)CCc3c(C)c4n(c3C)[B-](F)(F)[N+](C)(C1=C4c1ccc(C(=O)On3c(O)ccc3O)cc1)C2C. The minimum atomic E-state index is -5.03. The molecule has 0 radical (unpaired) electrons. The molecule has 2 aromatic heterocycles. The van der Waals surface area contributed by atoms with E-state index in [9.17, 15) is 50.5 Å². The lowest BCUT2D eigenvalue weighted by atomic mass is 9.78. The summed E-state index contributed by atoms with van der Waals surface area (Å²) in [4.78, 5) is 44.3. The molecule has 4 aromatic rings. The van der Waals surface area contributed by atoms with Crippen molar-refractivity contribution in [3.63, 3.8) is 0 Å². The number of aromatic nitrogens is 2. The number of ether oxygens (including phenoxy) is 1. The normalized spacial score (nSPS) is 24.2. The zero-order chi connectivity index (χ0) is 50.1. The number of fused-ring (bicyclic) bond motifs is 10. The summed E-state index contributed by atoms with van der Waals surface area (Å²) in [6.07, 6.45) is 1.50. The summed E-state index contributed by atoms with van der Waals surface area (Å²) in [5, 5.41) is 28.7. The first-order valence-electron chi connectivity index (χ1n) is 22.4. The number of nitrogens with one attached hydrogen (secondary N) is 3. The van der Waals surface area contributed by atoms with E-state index in [0.717, 1.165) is 39.9 Å². The standard InChI is InChI=1S/C45H53BF2N6O13S2/c1-24-32-16-18-37(55)51-34(43(58)50-23-30-13-14-31(68(60,61)62)22-36(30)69(63,64)65)8-6-7-21-49-44-35(66-44)17-15-33-25(2)42-40(41(24)52(26(32)3)46(47,48)54(42,5)27(33)4)28-9-11-29(12-10-28)45(59)67-53-38(56)19-20-39(53)57/h9-14,19-20,22,27,34-35,44,49,56-57H,6-8,15-18,21,23H2,1-5H3,(H,50,58)(H,51,55)(H,60,61,62)(H,63,64,65). The molecular weight excluding hydrogens is 945 g/mol. The van der Waals surface area contributed by atoms with Gasteiger partial charge in [0.1, 0.15) is 22.9 Å². The molecule has 6 bridgehead atoms. The summed E-state index contributed by atoms with van der Waals surface area (Å²) in [5.41, 5.74) is 4.36. The van der Waals surface area contributed by atoms with Crippen molar-refractivity contribution in [2.75, 3.05) is 13.6 Å². The summed E-state index contributed by atoms with van der Waals surface area (Å²) >= 11 is 0. The van der Waals surface area contributed by atoms with Crippen LogP contribution in [0.5, 0.6) is 11.8 Å². The second-order valence-electron chi connectivity index (χ2n) is 18.1. The first-order valence-corrected chi connectivity index (χ1v) is 25.2. The van der Waals surface area contributed by atoms with Gasteiger partial charge in [-0.05, 0) is 131 Å². The Bertz CT molecular complexity index is 3060. The van der Waals surface area contributed by atoms with E-state index in [2.05, 4.69) is 16.0 Å². The van der Waals surface area contributed by atoms with Crippen molar-refractivity contribution in [2.24, 2.45) is 0 Å². The largest absolute Gasteiger partial charge is 0.665 e. The van der Waals surface area contributed by atoms with Crippen LogP contribution in [-0.4, -0.2) is 113 Å². The van der Waals surface area contributed by atoms with Crippen molar-refractivity contribution >= 4 is 50.6 Å². The molecule has 24 heteroatoms. The van der Waals surface area contributed by atoms with Gasteiger partial charge in [-0.15, -0.1) is 4.73 Å². The van der Waals surface area contributed by atoms with Gasteiger partial charge in [0, 0.05) is 43.4 Å². The number of allylic oxidation sites excluding steroid dienone is 1. The Morgan fingerprint density at radius 1 is 0.942 bits per heavy atom. The molecule has 7 N–H and O–H groups in total. The summed E-state index contributed by atoms with van der Waals surface area (Å²) in [6, 6.07) is 9.12. The van der Waals surface area contributed by atoms with Gasteiger partial charge in [0.05, 0.1) is 28.2 Å². The molecular formula is C45H53BF2N6O13S2. The number of carbonyl (C=O) groups is 3. The number of aromatic hydroxyl groups is 2. The number of halogens is 2. The van der Waals surface area contributed by atoms with Crippen molar-refractivity contribution in [1.82, 2.24) is 25.2 Å². The highest BCUT2D eigenvalue weighted by Crippen LogP contribution is 2.55.